The second-order valence-electron chi connectivity index (χ2n) is 5.57. The van der Waals surface area contributed by atoms with Crippen molar-refractivity contribution in [2.75, 3.05) is 13.1 Å². The van der Waals surface area contributed by atoms with Crippen LogP contribution in [0.1, 0.15) is 30.8 Å². The first-order valence-electron chi connectivity index (χ1n) is 7.46. The fourth-order valence-electron chi connectivity index (χ4n) is 2.16. The normalized spacial score (nSPS) is 16.6. The Morgan fingerprint density at radius 2 is 2.00 bits per heavy atom. The van der Waals surface area contributed by atoms with E-state index >= 15 is 0 Å². The lowest BCUT2D eigenvalue weighted by Crippen LogP contribution is -2.06. The second-order valence-corrected chi connectivity index (χ2v) is 6.39. The summed E-state index contributed by atoms with van der Waals surface area (Å²) >= 11 is 11.8. The number of nitrogens with one attached hydrogen (secondary N) is 1. The summed E-state index contributed by atoms with van der Waals surface area (Å²) < 4.78 is 0. The number of halogens is 2. The maximum atomic E-state index is 11.2. The van der Waals surface area contributed by atoms with Gasteiger partial charge in [-0.1, -0.05) is 36.2 Å². The van der Waals surface area contributed by atoms with Crippen molar-refractivity contribution < 1.29 is 4.79 Å². The molecule has 1 fully saturated rings. The first-order chi connectivity index (χ1) is 11.0. The Labute approximate surface area is 146 Å². The van der Waals surface area contributed by atoms with E-state index in [9.17, 15) is 4.79 Å². The Morgan fingerprint density at radius 3 is 2.52 bits per heavy atom. The highest BCUT2D eigenvalue weighted by Gasteiger charge is 2.07. The van der Waals surface area contributed by atoms with Crippen molar-refractivity contribution in [1.29, 1.82) is 0 Å². The van der Waals surface area contributed by atoms with Gasteiger partial charge in [0.1, 0.15) is 12.0 Å². The molecule has 1 aliphatic rings. The van der Waals surface area contributed by atoms with Crippen LogP contribution in [0.25, 0.3) is 11.3 Å². The number of rotatable bonds is 2. The van der Waals surface area contributed by atoms with Crippen molar-refractivity contribution in [3.8, 4) is 11.3 Å². The molecular weight excluding hydrogens is 333 g/mol. The van der Waals surface area contributed by atoms with Crippen LogP contribution < -0.4 is 5.32 Å². The van der Waals surface area contributed by atoms with Gasteiger partial charge in [0.15, 0.2) is 5.78 Å². The summed E-state index contributed by atoms with van der Waals surface area (Å²) in [6.07, 6.45) is 2.73. The number of hydrogen-bond acceptors (Lipinski definition) is 4. The van der Waals surface area contributed by atoms with Crippen LogP contribution in [0.15, 0.2) is 30.6 Å². The Balaban J connectivity index is 0.000000268. The Morgan fingerprint density at radius 1 is 1.22 bits per heavy atom. The summed E-state index contributed by atoms with van der Waals surface area (Å²) in [7, 11) is 0. The van der Waals surface area contributed by atoms with Crippen LogP contribution in [-0.4, -0.2) is 28.8 Å². The molecule has 2 aromatic rings. The lowest BCUT2D eigenvalue weighted by Gasteiger charge is -2.03. The molecule has 1 atom stereocenters. The SMILES string of the molecule is CC(=O)c1cc(-c2ccc(Cl)c(Cl)c2)ncn1.CC1CCNC1. The molecule has 0 radical (unpaired) electrons. The minimum Gasteiger partial charge on any atom is -0.316 e. The van der Waals surface area contributed by atoms with Gasteiger partial charge in [-0.25, -0.2) is 9.97 Å². The summed E-state index contributed by atoms with van der Waals surface area (Å²) in [4.78, 5) is 19.2. The van der Waals surface area contributed by atoms with E-state index < -0.39 is 0 Å². The van der Waals surface area contributed by atoms with Gasteiger partial charge in [0.05, 0.1) is 15.7 Å². The second kappa shape index (κ2) is 8.39. The highest BCUT2D eigenvalue weighted by atomic mass is 35.5. The van der Waals surface area contributed by atoms with Gasteiger partial charge >= 0.3 is 0 Å². The lowest BCUT2D eigenvalue weighted by atomic mass is 10.1. The molecule has 0 aliphatic carbocycles. The van der Waals surface area contributed by atoms with Gasteiger partial charge in [0, 0.05) is 12.5 Å². The Hall–Kier alpha value is -1.49. The van der Waals surface area contributed by atoms with Gasteiger partial charge in [0.25, 0.3) is 0 Å². The van der Waals surface area contributed by atoms with Crippen LogP contribution >= 0.6 is 23.2 Å². The molecule has 0 saturated carbocycles. The number of carbonyl (C=O) groups is 1. The molecule has 1 aromatic heterocycles. The zero-order valence-electron chi connectivity index (χ0n) is 13.1. The largest absolute Gasteiger partial charge is 0.316 e. The first kappa shape index (κ1) is 17.9. The third kappa shape index (κ3) is 5.27. The topological polar surface area (TPSA) is 54.9 Å². The number of ketones is 1. The summed E-state index contributed by atoms with van der Waals surface area (Å²) in [5.74, 6) is 0.832. The predicted octanol–water partition coefficient (Wildman–Crippen LogP) is 4.27. The zero-order valence-corrected chi connectivity index (χ0v) is 14.7. The maximum absolute atomic E-state index is 11.2. The molecule has 0 amide bonds. The van der Waals surface area contributed by atoms with Gasteiger partial charge in [0.2, 0.25) is 0 Å². The molecule has 122 valence electrons. The summed E-state index contributed by atoms with van der Waals surface area (Å²) in [5, 5.41) is 4.21. The van der Waals surface area contributed by atoms with Crippen molar-refractivity contribution in [1.82, 2.24) is 15.3 Å². The number of Topliss-reactive ketones (excluding diaryl/α,β-unsaturated/α-hetero) is 1. The molecular formula is C17H19Cl2N3O. The van der Waals surface area contributed by atoms with Crippen molar-refractivity contribution in [3.05, 3.63) is 46.3 Å². The number of benzene rings is 1. The van der Waals surface area contributed by atoms with Gasteiger partial charge < -0.3 is 5.32 Å². The molecule has 23 heavy (non-hydrogen) atoms. The molecule has 3 rings (SSSR count). The summed E-state index contributed by atoms with van der Waals surface area (Å²) in [6.45, 7) is 6.21. The number of carbonyl (C=O) groups excluding carboxylic acids is 1. The van der Waals surface area contributed by atoms with Crippen molar-refractivity contribution >= 4 is 29.0 Å². The van der Waals surface area contributed by atoms with Crippen molar-refractivity contribution in [2.45, 2.75) is 20.3 Å². The average Bonchev–Trinajstić information content (AvgIpc) is 3.02. The Bertz CT molecular complexity index is 685. The van der Waals surface area contributed by atoms with Crippen LogP contribution in [0.3, 0.4) is 0 Å². The maximum Gasteiger partial charge on any atom is 0.178 e. The quantitative estimate of drug-likeness (QED) is 0.820. The fraction of sp³-hybridized carbons (Fsp3) is 0.353. The standard InChI is InChI=1S/C12H8Cl2N2O.C5H11N/c1-7(17)11-5-12(16-6-15-11)8-2-3-9(13)10(14)4-8;1-5-2-3-6-4-5/h2-6H,1H3;5-6H,2-4H2,1H3. The lowest BCUT2D eigenvalue weighted by molar-refractivity contribution is 0.101. The summed E-state index contributed by atoms with van der Waals surface area (Å²) in [5.41, 5.74) is 1.81. The van der Waals surface area contributed by atoms with Crippen LogP contribution in [0.4, 0.5) is 0 Å². The van der Waals surface area contributed by atoms with Crippen LogP contribution in [-0.2, 0) is 0 Å². The molecule has 1 N–H and O–H groups in total. The third-order valence-electron chi connectivity index (χ3n) is 3.55. The van der Waals surface area contributed by atoms with E-state index in [1.54, 1.807) is 24.3 Å². The van der Waals surface area contributed by atoms with Gasteiger partial charge in [-0.2, -0.15) is 0 Å². The smallest absolute Gasteiger partial charge is 0.178 e. The molecule has 6 heteroatoms. The number of nitrogens with zero attached hydrogens (tertiary/aromatic N) is 2. The minimum atomic E-state index is -0.103. The van der Waals surface area contributed by atoms with Crippen molar-refractivity contribution in [3.63, 3.8) is 0 Å². The van der Waals surface area contributed by atoms with E-state index in [-0.39, 0.29) is 5.78 Å². The van der Waals surface area contributed by atoms with Crippen LogP contribution in [0.2, 0.25) is 10.0 Å². The fourth-order valence-corrected chi connectivity index (χ4v) is 2.46. The third-order valence-corrected chi connectivity index (χ3v) is 4.29. The number of hydrogen-bond donors (Lipinski definition) is 1. The Kier molecular flexibility index (Phi) is 6.51. The van der Waals surface area contributed by atoms with E-state index in [4.69, 9.17) is 23.2 Å². The van der Waals surface area contributed by atoms with E-state index in [1.165, 1.54) is 32.8 Å². The van der Waals surface area contributed by atoms with Gasteiger partial charge in [-0.15, -0.1) is 0 Å². The predicted molar refractivity (Wildman–Crippen MR) is 94.1 cm³/mol. The molecule has 4 nitrogen and oxygen atoms in total. The molecule has 0 bridgehead atoms. The molecule has 1 aromatic carbocycles. The highest BCUT2D eigenvalue weighted by Crippen LogP contribution is 2.27. The van der Waals surface area contributed by atoms with Crippen LogP contribution in [0.5, 0.6) is 0 Å². The summed E-state index contributed by atoms with van der Waals surface area (Å²) in [6, 6.07) is 6.81. The van der Waals surface area contributed by atoms with E-state index in [1.807, 2.05) is 0 Å². The molecule has 1 saturated heterocycles. The number of aromatic nitrogens is 2. The first-order valence-corrected chi connectivity index (χ1v) is 8.22. The van der Waals surface area contributed by atoms with E-state index in [0.717, 1.165) is 11.5 Å². The van der Waals surface area contributed by atoms with Gasteiger partial charge in [-0.3, -0.25) is 4.79 Å². The van der Waals surface area contributed by atoms with Crippen molar-refractivity contribution in [2.24, 2.45) is 5.92 Å². The monoisotopic (exact) mass is 351 g/mol. The average molecular weight is 352 g/mol. The molecule has 0 spiro atoms. The van der Waals surface area contributed by atoms with Crippen LogP contribution in [0, 0.1) is 5.92 Å². The molecule has 2 heterocycles. The zero-order chi connectivity index (χ0) is 16.8. The molecule has 1 aliphatic heterocycles. The van der Waals surface area contributed by atoms with E-state index in [2.05, 4.69) is 22.2 Å². The molecule has 1 unspecified atom stereocenters. The van der Waals surface area contributed by atoms with E-state index in [0.29, 0.717) is 21.4 Å². The highest BCUT2D eigenvalue weighted by molar-refractivity contribution is 6.42. The minimum absolute atomic E-state index is 0.103. The van der Waals surface area contributed by atoms with Gasteiger partial charge in [-0.05, 0) is 43.6 Å².